The number of thioether (sulfide) groups is 1. The number of thiocarbonyl (C=S) groups is 1. The number of hydrogen-bond donors (Lipinski definition) is 0. The minimum absolute atomic E-state index is 0.0693. The molecule has 26 heavy (non-hydrogen) atoms. The van der Waals surface area contributed by atoms with Gasteiger partial charge >= 0.3 is 6.18 Å². The second kappa shape index (κ2) is 7.23. The minimum atomic E-state index is -4.51. The summed E-state index contributed by atoms with van der Waals surface area (Å²) >= 11 is 18.0. The summed E-state index contributed by atoms with van der Waals surface area (Å²) < 4.78 is 38.9. The normalized spacial score (nSPS) is 16.7. The first-order valence-corrected chi connectivity index (χ1v) is 9.05. The molecule has 0 bridgehead atoms. The Morgan fingerprint density at radius 3 is 2.46 bits per heavy atom. The first-order valence-electron chi connectivity index (χ1n) is 7.07. The second-order valence-corrected chi connectivity index (χ2v) is 7.73. The van der Waals surface area contributed by atoms with Gasteiger partial charge in [0.05, 0.1) is 26.2 Å². The summed E-state index contributed by atoms with van der Waals surface area (Å²) in [5, 5.41) is 0.703. The highest BCUT2D eigenvalue weighted by atomic mass is 35.5. The van der Waals surface area contributed by atoms with Gasteiger partial charge < -0.3 is 0 Å². The van der Waals surface area contributed by atoms with Crippen molar-refractivity contribution >= 4 is 69.2 Å². The van der Waals surface area contributed by atoms with Crippen LogP contribution in [0.2, 0.25) is 10.0 Å². The lowest BCUT2D eigenvalue weighted by Crippen LogP contribution is -2.27. The van der Waals surface area contributed by atoms with Gasteiger partial charge in [0.15, 0.2) is 4.32 Å². The van der Waals surface area contributed by atoms with E-state index < -0.39 is 17.6 Å². The van der Waals surface area contributed by atoms with Crippen molar-refractivity contribution in [1.82, 2.24) is 0 Å². The maximum absolute atomic E-state index is 12.9. The van der Waals surface area contributed by atoms with E-state index in [-0.39, 0.29) is 14.9 Å². The van der Waals surface area contributed by atoms with E-state index in [2.05, 4.69) is 0 Å². The number of rotatable bonds is 2. The lowest BCUT2D eigenvalue weighted by molar-refractivity contribution is -0.137. The van der Waals surface area contributed by atoms with E-state index in [4.69, 9.17) is 35.4 Å². The van der Waals surface area contributed by atoms with Crippen LogP contribution in [0, 0.1) is 0 Å². The summed E-state index contributed by atoms with van der Waals surface area (Å²) in [6, 6.07) is 9.32. The van der Waals surface area contributed by atoms with E-state index in [1.54, 1.807) is 24.3 Å². The van der Waals surface area contributed by atoms with Gasteiger partial charge in [-0.3, -0.25) is 9.69 Å². The Hall–Kier alpha value is -1.54. The maximum Gasteiger partial charge on any atom is 0.416 e. The zero-order valence-corrected chi connectivity index (χ0v) is 15.8. The topological polar surface area (TPSA) is 20.3 Å². The summed E-state index contributed by atoms with van der Waals surface area (Å²) in [5.74, 6) is -0.495. The van der Waals surface area contributed by atoms with E-state index in [0.29, 0.717) is 15.6 Å². The van der Waals surface area contributed by atoms with Crippen LogP contribution in [-0.4, -0.2) is 10.2 Å². The number of anilines is 1. The third-order valence-electron chi connectivity index (χ3n) is 3.47. The van der Waals surface area contributed by atoms with Crippen LogP contribution in [0.25, 0.3) is 6.08 Å². The van der Waals surface area contributed by atoms with Crippen molar-refractivity contribution in [2.75, 3.05) is 4.90 Å². The van der Waals surface area contributed by atoms with Gasteiger partial charge in [-0.05, 0) is 42.0 Å². The molecule has 2 nitrogen and oxygen atoms in total. The van der Waals surface area contributed by atoms with Crippen molar-refractivity contribution in [3.8, 4) is 0 Å². The molecule has 0 radical (unpaired) electrons. The average Bonchev–Trinajstić information content (AvgIpc) is 2.84. The molecule has 2 aromatic carbocycles. The van der Waals surface area contributed by atoms with Crippen molar-refractivity contribution in [3.63, 3.8) is 0 Å². The Morgan fingerprint density at radius 2 is 1.81 bits per heavy atom. The molecule has 0 unspecified atom stereocenters. The highest BCUT2D eigenvalue weighted by Crippen LogP contribution is 2.38. The molecular formula is C17H8Cl2F3NOS2. The predicted octanol–water partition coefficient (Wildman–Crippen LogP) is 6.42. The van der Waals surface area contributed by atoms with Crippen molar-refractivity contribution in [1.29, 1.82) is 0 Å². The maximum atomic E-state index is 12.9. The van der Waals surface area contributed by atoms with Gasteiger partial charge in [-0.25, -0.2) is 0 Å². The molecule has 0 aromatic heterocycles. The Balaban J connectivity index is 1.94. The summed E-state index contributed by atoms with van der Waals surface area (Å²) in [6.45, 7) is 0. The van der Waals surface area contributed by atoms with E-state index in [0.717, 1.165) is 28.8 Å². The molecule has 0 saturated carbocycles. The fraction of sp³-hybridized carbons (Fsp3) is 0.0588. The Bertz CT molecular complexity index is 944. The molecule has 1 heterocycles. The predicted molar refractivity (Wildman–Crippen MR) is 104 cm³/mol. The van der Waals surface area contributed by atoms with Crippen molar-refractivity contribution in [2.45, 2.75) is 6.18 Å². The van der Waals surface area contributed by atoms with Gasteiger partial charge in [0.25, 0.3) is 5.91 Å². The fourth-order valence-corrected chi connectivity index (χ4v) is 3.87. The van der Waals surface area contributed by atoms with Crippen LogP contribution in [0.5, 0.6) is 0 Å². The molecule has 0 aliphatic carbocycles. The number of carbonyl (C=O) groups is 1. The fourth-order valence-electron chi connectivity index (χ4n) is 2.27. The van der Waals surface area contributed by atoms with Gasteiger partial charge in [-0.2, -0.15) is 13.2 Å². The first kappa shape index (κ1) is 19.2. The molecule has 0 spiro atoms. The average molecular weight is 434 g/mol. The SMILES string of the molecule is O=C1C(=Cc2ccc(Cl)c(Cl)c2)SC(=S)N1c1cccc(C(F)(F)F)c1. The van der Waals surface area contributed by atoms with Crippen LogP contribution in [0.4, 0.5) is 18.9 Å². The molecule has 1 aliphatic heterocycles. The number of carbonyl (C=O) groups excluding carboxylic acids is 1. The first-order chi connectivity index (χ1) is 12.2. The third kappa shape index (κ3) is 3.91. The minimum Gasteiger partial charge on any atom is -0.268 e. The van der Waals surface area contributed by atoms with Crippen LogP contribution in [0.3, 0.4) is 0 Å². The zero-order chi connectivity index (χ0) is 19.1. The Labute approximate surface area is 166 Å². The number of amides is 1. The van der Waals surface area contributed by atoms with Crippen LogP contribution in [0.15, 0.2) is 47.4 Å². The van der Waals surface area contributed by atoms with E-state index in [1.165, 1.54) is 12.1 Å². The largest absolute Gasteiger partial charge is 0.416 e. The highest BCUT2D eigenvalue weighted by Gasteiger charge is 2.36. The van der Waals surface area contributed by atoms with Crippen molar-refractivity contribution in [2.24, 2.45) is 0 Å². The number of halogens is 5. The lowest BCUT2D eigenvalue weighted by Gasteiger charge is -2.16. The zero-order valence-electron chi connectivity index (χ0n) is 12.7. The molecule has 0 atom stereocenters. The summed E-state index contributed by atoms with van der Waals surface area (Å²) in [5.41, 5.74) is -0.152. The highest BCUT2D eigenvalue weighted by molar-refractivity contribution is 8.27. The molecule has 1 saturated heterocycles. The molecule has 1 amide bonds. The molecule has 3 rings (SSSR count). The van der Waals surface area contributed by atoms with E-state index >= 15 is 0 Å². The monoisotopic (exact) mass is 433 g/mol. The summed E-state index contributed by atoms with van der Waals surface area (Å²) in [7, 11) is 0. The van der Waals surface area contributed by atoms with Gasteiger partial charge in [0, 0.05) is 0 Å². The van der Waals surface area contributed by atoms with Crippen molar-refractivity contribution < 1.29 is 18.0 Å². The standard InChI is InChI=1S/C17H8Cl2F3NOS2/c18-12-5-4-9(6-13(12)19)7-14-15(24)23(16(25)26-14)11-3-1-2-10(8-11)17(20,21)22/h1-8H. The van der Waals surface area contributed by atoms with Gasteiger partial charge in [0.1, 0.15) is 0 Å². The number of alkyl halides is 3. The molecule has 2 aromatic rings. The van der Waals surface area contributed by atoms with Crippen LogP contribution >= 0.6 is 47.2 Å². The number of benzene rings is 2. The van der Waals surface area contributed by atoms with Gasteiger partial charge in [-0.1, -0.05) is 59.3 Å². The molecular weight excluding hydrogens is 426 g/mol. The van der Waals surface area contributed by atoms with Crippen LogP contribution < -0.4 is 4.90 Å². The molecule has 9 heteroatoms. The van der Waals surface area contributed by atoms with E-state index in [9.17, 15) is 18.0 Å². The van der Waals surface area contributed by atoms with Crippen LogP contribution in [0.1, 0.15) is 11.1 Å². The lowest BCUT2D eigenvalue weighted by atomic mass is 10.1. The quantitative estimate of drug-likeness (QED) is 0.402. The number of nitrogens with zero attached hydrogens (tertiary/aromatic N) is 1. The molecule has 1 aliphatic rings. The number of hydrogen-bond acceptors (Lipinski definition) is 3. The summed E-state index contributed by atoms with van der Waals surface area (Å²) in [6.07, 6.45) is -2.94. The van der Waals surface area contributed by atoms with Gasteiger partial charge in [-0.15, -0.1) is 0 Å². The molecule has 1 fully saturated rings. The second-order valence-electron chi connectivity index (χ2n) is 5.24. The molecule has 0 N–H and O–H groups in total. The van der Waals surface area contributed by atoms with Gasteiger partial charge in [0.2, 0.25) is 0 Å². The smallest absolute Gasteiger partial charge is 0.268 e. The van der Waals surface area contributed by atoms with E-state index in [1.807, 2.05) is 0 Å². The Kier molecular flexibility index (Phi) is 5.35. The third-order valence-corrected chi connectivity index (χ3v) is 5.51. The Morgan fingerprint density at radius 1 is 1.08 bits per heavy atom. The van der Waals surface area contributed by atoms with Crippen LogP contribution in [-0.2, 0) is 11.0 Å². The summed E-state index contributed by atoms with van der Waals surface area (Å²) in [4.78, 5) is 14.0. The molecule has 134 valence electrons. The van der Waals surface area contributed by atoms with Crippen molar-refractivity contribution in [3.05, 3.63) is 68.5 Å².